The van der Waals surface area contributed by atoms with Gasteiger partial charge < -0.3 is 15.2 Å². The molecule has 148 valence electrons. The first-order chi connectivity index (χ1) is 13.4. The van der Waals surface area contributed by atoms with E-state index in [1.165, 1.54) is 19.2 Å². The standard InChI is InChI=1S/C20H22N2O6/c1-28-18-8-3-2-6-15(18)12-16(20(24)25)13-21-19(23)10-9-14-5-4-7-17(11-14)22(26)27/h2-8,11,16H,9-10,12-13H2,1H3,(H,21,23)(H,24,25). The van der Waals surface area contributed by atoms with E-state index in [-0.39, 0.29) is 31.0 Å². The highest BCUT2D eigenvalue weighted by Crippen LogP contribution is 2.21. The Hall–Kier alpha value is -3.42. The van der Waals surface area contributed by atoms with Crippen LogP contribution in [0.25, 0.3) is 0 Å². The predicted octanol–water partition coefficient (Wildman–Crippen LogP) is 2.60. The molecule has 1 unspecified atom stereocenters. The number of para-hydroxylation sites is 1. The molecule has 0 aliphatic carbocycles. The molecule has 8 nitrogen and oxygen atoms in total. The Labute approximate surface area is 162 Å². The van der Waals surface area contributed by atoms with Crippen molar-refractivity contribution in [2.45, 2.75) is 19.3 Å². The van der Waals surface area contributed by atoms with Gasteiger partial charge in [-0.25, -0.2) is 0 Å². The fraction of sp³-hybridized carbons (Fsp3) is 0.300. The van der Waals surface area contributed by atoms with Crippen LogP contribution in [0.2, 0.25) is 0 Å². The van der Waals surface area contributed by atoms with E-state index in [0.29, 0.717) is 17.7 Å². The van der Waals surface area contributed by atoms with Crippen molar-refractivity contribution in [2.24, 2.45) is 5.92 Å². The summed E-state index contributed by atoms with van der Waals surface area (Å²) >= 11 is 0. The summed E-state index contributed by atoms with van der Waals surface area (Å²) in [6.45, 7) is -0.0127. The normalized spacial score (nSPS) is 11.5. The minimum atomic E-state index is -1.01. The number of nitro groups is 1. The molecule has 0 aliphatic heterocycles. The lowest BCUT2D eigenvalue weighted by Crippen LogP contribution is -2.34. The van der Waals surface area contributed by atoms with E-state index in [0.717, 1.165) is 5.56 Å². The Morgan fingerprint density at radius 3 is 2.64 bits per heavy atom. The molecule has 0 fully saturated rings. The average Bonchev–Trinajstić information content (AvgIpc) is 2.69. The molecule has 2 N–H and O–H groups in total. The Morgan fingerprint density at radius 2 is 1.96 bits per heavy atom. The van der Waals surface area contributed by atoms with Crippen molar-refractivity contribution in [3.05, 3.63) is 69.8 Å². The van der Waals surface area contributed by atoms with E-state index in [9.17, 15) is 24.8 Å². The van der Waals surface area contributed by atoms with Gasteiger partial charge in [-0.2, -0.15) is 0 Å². The van der Waals surface area contributed by atoms with Gasteiger partial charge in [-0.05, 0) is 30.0 Å². The molecule has 0 saturated heterocycles. The van der Waals surface area contributed by atoms with Gasteiger partial charge in [0.1, 0.15) is 5.75 Å². The van der Waals surface area contributed by atoms with Crippen LogP contribution in [0.4, 0.5) is 5.69 Å². The van der Waals surface area contributed by atoms with Gasteiger partial charge in [0, 0.05) is 25.1 Å². The maximum atomic E-state index is 12.1. The van der Waals surface area contributed by atoms with Crippen molar-refractivity contribution in [3.8, 4) is 5.75 Å². The zero-order valence-electron chi connectivity index (χ0n) is 15.5. The van der Waals surface area contributed by atoms with Crippen LogP contribution in [0.3, 0.4) is 0 Å². The van der Waals surface area contributed by atoms with Crippen LogP contribution in [0.1, 0.15) is 17.5 Å². The third-order valence-electron chi connectivity index (χ3n) is 4.32. The number of amides is 1. The van der Waals surface area contributed by atoms with E-state index in [2.05, 4.69) is 5.32 Å². The van der Waals surface area contributed by atoms with Crippen molar-refractivity contribution in [3.63, 3.8) is 0 Å². The number of carboxylic acid groups (broad SMARTS) is 1. The van der Waals surface area contributed by atoms with Crippen molar-refractivity contribution in [1.29, 1.82) is 0 Å². The second kappa shape index (κ2) is 10.1. The smallest absolute Gasteiger partial charge is 0.308 e. The molecule has 0 aromatic heterocycles. The van der Waals surface area contributed by atoms with Gasteiger partial charge in [0.25, 0.3) is 5.69 Å². The minimum Gasteiger partial charge on any atom is -0.496 e. The second-order valence-corrected chi connectivity index (χ2v) is 6.28. The maximum absolute atomic E-state index is 12.1. The van der Waals surface area contributed by atoms with Gasteiger partial charge in [-0.1, -0.05) is 30.3 Å². The highest BCUT2D eigenvalue weighted by molar-refractivity contribution is 5.77. The number of hydrogen-bond acceptors (Lipinski definition) is 5. The topological polar surface area (TPSA) is 119 Å². The van der Waals surface area contributed by atoms with Crippen molar-refractivity contribution < 1.29 is 24.4 Å². The lowest BCUT2D eigenvalue weighted by atomic mass is 9.98. The van der Waals surface area contributed by atoms with E-state index >= 15 is 0 Å². The number of nitro benzene ring substituents is 1. The Balaban J connectivity index is 1.89. The molecule has 0 saturated carbocycles. The molecule has 8 heteroatoms. The summed E-state index contributed by atoms with van der Waals surface area (Å²) in [5.74, 6) is -1.51. The molecule has 0 heterocycles. The molecule has 0 radical (unpaired) electrons. The summed E-state index contributed by atoms with van der Waals surface area (Å²) in [5.41, 5.74) is 1.40. The number of non-ortho nitro benzene ring substituents is 1. The first-order valence-electron chi connectivity index (χ1n) is 8.75. The Morgan fingerprint density at radius 1 is 1.21 bits per heavy atom. The van der Waals surface area contributed by atoms with E-state index in [1.807, 2.05) is 0 Å². The molecular formula is C20H22N2O6. The van der Waals surface area contributed by atoms with Crippen LogP contribution in [0, 0.1) is 16.0 Å². The third-order valence-corrected chi connectivity index (χ3v) is 4.32. The molecule has 1 atom stereocenters. The van der Waals surface area contributed by atoms with E-state index < -0.39 is 16.8 Å². The van der Waals surface area contributed by atoms with Crippen LogP contribution in [-0.2, 0) is 22.4 Å². The van der Waals surface area contributed by atoms with Crippen LogP contribution < -0.4 is 10.1 Å². The van der Waals surface area contributed by atoms with Gasteiger partial charge in [-0.15, -0.1) is 0 Å². The SMILES string of the molecule is COc1ccccc1CC(CNC(=O)CCc1cccc([N+](=O)[O-])c1)C(=O)O. The zero-order valence-corrected chi connectivity index (χ0v) is 15.5. The quantitative estimate of drug-likeness (QED) is 0.478. The molecule has 28 heavy (non-hydrogen) atoms. The highest BCUT2D eigenvalue weighted by atomic mass is 16.6. The summed E-state index contributed by atoms with van der Waals surface area (Å²) in [6, 6.07) is 13.2. The van der Waals surface area contributed by atoms with Crippen molar-refractivity contribution in [1.82, 2.24) is 5.32 Å². The fourth-order valence-electron chi connectivity index (χ4n) is 2.79. The van der Waals surface area contributed by atoms with E-state index in [1.54, 1.807) is 36.4 Å². The summed E-state index contributed by atoms with van der Waals surface area (Å²) in [6.07, 6.45) is 0.671. The van der Waals surface area contributed by atoms with Crippen LogP contribution in [0.15, 0.2) is 48.5 Å². The lowest BCUT2D eigenvalue weighted by molar-refractivity contribution is -0.384. The molecule has 2 rings (SSSR count). The first kappa shape index (κ1) is 20.9. The molecule has 0 bridgehead atoms. The van der Waals surface area contributed by atoms with Gasteiger partial charge in [0.15, 0.2) is 0 Å². The molecule has 0 spiro atoms. The van der Waals surface area contributed by atoms with Crippen molar-refractivity contribution >= 4 is 17.6 Å². The summed E-state index contributed by atoms with van der Waals surface area (Å²) in [7, 11) is 1.52. The minimum absolute atomic E-state index is 0.0127. The van der Waals surface area contributed by atoms with Crippen LogP contribution in [-0.4, -0.2) is 35.6 Å². The number of methoxy groups -OCH3 is 1. The molecule has 2 aromatic rings. The number of aryl methyl sites for hydroxylation is 1. The second-order valence-electron chi connectivity index (χ2n) is 6.28. The number of carbonyl (C=O) groups is 2. The van der Waals surface area contributed by atoms with Gasteiger partial charge in [0.05, 0.1) is 18.0 Å². The number of carboxylic acids is 1. The van der Waals surface area contributed by atoms with Crippen LogP contribution in [0.5, 0.6) is 5.75 Å². The Kier molecular flexibility index (Phi) is 7.50. The van der Waals surface area contributed by atoms with Gasteiger partial charge in [-0.3, -0.25) is 19.7 Å². The largest absolute Gasteiger partial charge is 0.496 e. The lowest BCUT2D eigenvalue weighted by Gasteiger charge is -2.15. The first-order valence-corrected chi connectivity index (χ1v) is 8.75. The number of rotatable bonds is 10. The summed E-state index contributed by atoms with van der Waals surface area (Å²) < 4.78 is 5.24. The Bertz CT molecular complexity index is 852. The number of nitrogens with zero attached hydrogens (tertiary/aromatic N) is 1. The van der Waals surface area contributed by atoms with E-state index in [4.69, 9.17) is 4.74 Å². The van der Waals surface area contributed by atoms with Crippen LogP contribution >= 0.6 is 0 Å². The molecule has 2 aromatic carbocycles. The third kappa shape index (κ3) is 6.08. The number of aliphatic carboxylic acids is 1. The fourth-order valence-corrected chi connectivity index (χ4v) is 2.79. The zero-order chi connectivity index (χ0) is 20.5. The number of nitrogens with one attached hydrogen (secondary N) is 1. The van der Waals surface area contributed by atoms with Crippen molar-refractivity contribution in [2.75, 3.05) is 13.7 Å². The van der Waals surface area contributed by atoms with Gasteiger partial charge in [0.2, 0.25) is 5.91 Å². The predicted molar refractivity (Wildman–Crippen MR) is 102 cm³/mol. The number of ether oxygens (including phenoxy) is 1. The number of benzene rings is 2. The number of carbonyl (C=O) groups excluding carboxylic acids is 1. The molecule has 0 aliphatic rings. The molecular weight excluding hydrogens is 364 g/mol. The average molecular weight is 386 g/mol. The maximum Gasteiger partial charge on any atom is 0.308 e. The molecule has 1 amide bonds. The number of hydrogen-bond donors (Lipinski definition) is 2. The highest BCUT2D eigenvalue weighted by Gasteiger charge is 2.20. The van der Waals surface area contributed by atoms with Gasteiger partial charge >= 0.3 is 5.97 Å². The monoisotopic (exact) mass is 386 g/mol. The summed E-state index contributed by atoms with van der Waals surface area (Å²) in [5, 5.41) is 22.9. The summed E-state index contributed by atoms with van der Waals surface area (Å²) in [4.78, 5) is 33.9.